The Bertz CT molecular complexity index is 931. The van der Waals surface area contributed by atoms with Gasteiger partial charge in [-0.3, -0.25) is 14.3 Å². The molecule has 27 heavy (non-hydrogen) atoms. The number of aromatic nitrogens is 4. The molecule has 136 valence electrons. The molecule has 0 radical (unpaired) electrons. The van der Waals surface area contributed by atoms with Crippen molar-refractivity contribution in [3.05, 3.63) is 77.6 Å². The average Bonchev–Trinajstić information content (AvgIpc) is 3.26. The quantitative estimate of drug-likeness (QED) is 0.704. The van der Waals surface area contributed by atoms with E-state index in [2.05, 4.69) is 25.7 Å². The van der Waals surface area contributed by atoms with Crippen LogP contribution in [-0.4, -0.2) is 37.6 Å². The Hall–Kier alpha value is -3.55. The highest BCUT2D eigenvalue weighted by atomic mass is 16.2. The lowest BCUT2D eigenvalue weighted by molar-refractivity contribution is 0.0924. The summed E-state index contributed by atoms with van der Waals surface area (Å²) in [6.07, 6.45) is 3.49. The summed E-state index contributed by atoms with van der Waals surface area (Å²) in [5, 5.41) is 10.2. The molecular formula is C19H18N6O2. The molecule has 0 fully saturated rings. The first-order valence-corrected chi connectivity index (χ1v) is 8.65. The smallest absolute Gasteiger partial charge is 0.272 e. The van der Waals surface area contributed by atoms with E-state index in [0.29, 0.717) is 30.9 Å². The van der Waals surface area contributed by atoms with E-state index in [1.54, 1.807) is 16.8 Å². The van der Waals surface area contributed by atoms with Crippen molar-refractivity contribution in [3.8, 4) is 0 Å². The first-order chi connectivity index (χ1) is 13.2. The van der Waals surface area contributed by atoms with Gasteiger partial charge in [-0.05, 0) is 17.7 Å². The highest BCUT2D eigenvalue weighted by molar-refractivity contribution is 5.93. The maximum atomic E-state index is 12.3. The summed E-state index contributed by atoms with van der Waals surface area (Å²) in [7, 11) is 0. The Morgan fingerprint density at radius 1 is 1.11 bits per heavy atom. The molecule has 3 heterocycles. The molecule has 2 aromatic heterocycles. The minimum absolute atomic E-state index is 0.0728. The van der Waals surface area contributed by atoms with Gasteiger partial charge in [0.05, 0.1) is 12.6 Å². The van der Waals surface area contributed by atoms with Gasteiger partial charge in [-0.15, -0.1) is 0 Å². The molecule has 1 aromatic carbocycles. The van der Waals surface area contributed by atoms with E-state index >= 15 is 0 Å². The van der Waals surface area contributed by atoms with E-state index in [9.17, 15) is 9.59 Å². The number of hydrogen-bond donors (Lipinski definition) is 2. The van der Waals surface area contributed by atoms with Gasteiger partial charge in [-0.25, -0.2) is 9.97 Å². The molecule has 0 aliphatic carbocycles. The van der Waals surface area contributed by atoms with Gasteiger partial charge in [0.2, 0.25) is 0 Å². The van der Waals surface area contributed by atoms with Crippen LogP contribution in [0.25, 0.3) is 0 Å². The molecule has 1 aliphatic heterocycles. The number of benzene rings is 1. The first-order valence-electron chi connectivity index (χ1n) is 8.65. The Balaban J connectivity index is 1.33. The maximum Gasteiger partial charge on any atom is 0.272 e. The van der Waals surface area contributed by atoms with Crippen molar-refractivity contribution in [3.63, 3.8) is 0 Å². The molecule has 0 saturated heterocycles. The van der Waals surface area contributed by atoms with Gasteiger partial charge >= 0.3 is 0 Å². The molecule has 0 unspecified atom stereocenters. The van der Waals surface area contributed by atoms with Crippen molar-refractivity contribution in [2.45, 2.75) is 25.6 Å². The third-order valence-electron chi connectivity index (χ3n) is 4.39. The van der Waals surface area contributed by atoms with Gasteiger partial charge in [-0.2, -0.15) is 5.10 Å². The summed E-state index contributed by atoms with van der Waals surface area (Å²) in [5.74, 6) is -0.448. The van der Waals surface area contributed by atoms with Crippen molar-refractivity contribution in [2.24, 2.45) is 0 Å². The van der Waals surface area contributed by atoms with Crippen molar-refractivity contribution < 1.29 is 9.59 Å². The molecule has 8 nitrogen and oxygen atoms in total. The minimum atomic E-state index is -0.242. The zero-order chi connectivity index (χ0) is 18.6. The number of amides is 2. The lowest BCUT2D eigenvalue weighted by atomic mass is 10.2. The van der Waals surface area contributed by atoms with Gasteiger partial charge in [0.25, 0.3) is 11.8 Å². The zero-order valence-electron chi connectivity index (χ0n) is 14.5. The molecule has 4 rings (SSSR count). The predicted octanol–water partition coefficient (Wildman–Crippen LogP) is 0.958. The fraction of sp³-hybridized carbons (Fsp3) is 0.211. The van der Waals surface area contributed by atoms with E-state index in [0.717, 1.165) is 11.3 Å². The van der Waals surface area contributed by atoms with E-state index in [1.165, 1.54) is 12.5 Å². The molecule has 0 spiro atoms. The fourth-order valence-corrected chi connectivity index (χ4v) is 3.06. The SMILES string of the molecule is O=C(NCc1ccccc1)c1cc2n(n1)C[C@@H](NC(=O)c1ccncn1)C2. The molecule has 3 aromatic rings. The summed E-state index contributed by atoms with van der Waals surface area (Å²) in [6.45, 7) is 0.984. The number of carbonyl (C=O) groups is 2. The van der Waals surface area contributed by atoms with Crippen molar-refractivity contribution in [2.75, 3.05) is 0 Å². The number of fused-ring (bicyclic) bond motifs is 1. The van der Waals surface area contributed by atoms with Crippen LogP contribution in [0.15, 0.2) is 55.0 Å². The summed E-state index contributed by atoms with van der Waals surface area (Å²) < 4.78 is 1.77. The molecule has 2 N–H and O–H groups in total. The van der Waals surface area contributed by atoms with Crippen LogP contribution in [0, 0.1) is 0 Å². The molecule has 2 amide bonds. The van der Waals surface area contributed by atoms with Crippen LogP contribution < -0.4 is 10.6 Å². The van der Waals surface area contributed by atoms with Crippen LogP contribution in [-0.2, 0) is 19.5 Å². The summed E-state index contributed by atoms with van der Waals surface area (Å²) in [4.78, 5) is 32.2. The van der Waals surface area contributed by atoms with Crippen LogP contribution in [0.2, 0.25) is 0 Å². The van der Waals surface area contributed by atoms with E-state index in [-0.39, 0.29) is 17.9 Å². The molecule has 8 heteroatoms. The fourth-order valence-electron chi connectivity index (χ4n) is 3.06. The number of nitrogens with zero attached hydrogens (tertiary/aromatic N) is 4. The number of rotatable bonds is 5. The van der Waals surface area contributed by atoms with Gasteiger partial charge in [0.1, 0.15) is 17.7 Å². The second kappa shape index (κ2) is 7.36. The monoisotopic (exact) mass is 362 g/mol. The summed E-state index contributed by atoms with van der Waals surface area (Å²) in [6, 6.07) is 13.0. The standard InChI is InChI=1S/C19H18N6O2/c26-18(21-10-13-4-2-1-3-5-13)17-9-15-8-14(11-25(15)24-17)23-19(27)16-6-7-20-12-22-16/h1-7,9,12,14H,8,10-11H2,(H,21,26)(H,23,27)/t14-/m0/s1. The van der Waals surface area contributed by atoms with Crippen LogP contribution in [0.3, 0.4) is 0 Å². The second-order valence-electron chi connectivity index (χ2n) is 6.34. The molecule has 1 aliphatic rings. The van der Waals surface area contributed by atoms with Gasteiger partial charge in [-0.1, -0.05) is 30.3 Å². The number of nitrogens with one attached hydrogen (secondary N) is 2. The van der Waals surface area contributed by atoms with Crippen molar-refractivity contribution in [1.29, 1.82) is 0 Å². The van der Waals surface area contributed by atoms with Gasteiger partial charge in [0.15, 0.2) is 0 Å². The maximum absolute atomic E-state index is 12.3. The van der Waals surface area contributed by atoms with Crippen LogP contribution >= 0.6 is 0 Å². The lowest BCUT2D eigenvalue weighted by Gasteiger charge is -2.11. The average molecular weight is 362 g/mol. The largest absolute Gasteiger partial charge is 0.347 e. The highest BCUT2D eigenvalue weighted by Gasteiger charge is 2.26. The number of carbonyl (C=O) groups excluding carboxylic acids is 2. The van der Waals surface area contributed by atoms with E-state index < -0.39 is 0 Å². The van der Waals surface area contributed by atoms with Gasteiger partial charge in [0, 0.05) is 24.9 Å². The highest BCUT2D eigenvalue weighted by Crippen LogP contribution is 2.16. The van der Waals surface area contributed by atoms with E-state index in [4.69, 9.17) is 0 Å². The Labute approximate surface area is 155 Å². The van der Waals surface area contributed by atoms with Gasteiger partial charge < -0.3 is 10.6 Å². The Morgan fingerprint density at radius 3 is 2.70 bits per heavy atom. The molecule has 0 bridgehead atoms. The Kier molecular flexibility index (Phi) is 4.61. The van der Waals surface area contributed by atoms with Crippen LogP contribution in [0.1, 0.15) is 32.2 Å². The summed E-state index contributed by atoms with van der Waals surface area (Å²) >= 11 is 0. The lowest BCUT2D eigenvalue weighted by Crippen LogP contribution is -2.36. The zero-order valence-corrected chi connectivity index (χ0v) is 14.5. The summed E-state index contributed by atoms with van der Waals surface area (Å²) in [5.41, 5.74) is 2.68. The molecule has 1 atom stereocenters. The third-order valence-corrected chi connectivity index (χ3v) is 4.39. The third kappa shape index (κ3) is 3.84. The second-order valence-corrected chi connectivity index (χ2v) is 6.34. The van der Waals surface area contributed by atoms with E-state index in [1.807, 2.05) is 30.3 Å². The molecular weight excluding hydrogens is 344 g/mol. The van der Waals surface area contributed by atoms with Crippen LogP contribution in [0.5, 0.6) is 0 Å². The molecule has 0 saturated carbocycles. The van der Waals surface area contributed by atoms with Crippen molar-refractivity contribution >= 4 is 11.8 Å². The minimum Gasteiger partial charge on any atom is -0.347 e. The first kappa shape index (κ1) is 16.9. The topological polar surface area (TPSA) is 102 Å². The van der Waals surface area contributed by atoms with Crippen LogP contribution in [0.4, 0.5) is 0 Å². The predicted molar refractivity (Wildman–Crippen MR) is 96.8 cm³/mol. The normalized spacial score (nSPS) is 15.2. The number of hydrogen-bond acceptors (Lipinski definition) is 5. The van der Waals surface area contributed by atoms with Crippen molar-refractivity contribution in [1.82, 2.24) is 30.4 Å². The Morgan fingerprint density at radius 2 is 1.96 bits per heavy atom.